The minimum absolute atomic E-state index is 0.0489. The summed E-state index contributed by atoms with van der Waals surface area (Å²) < 4.78 is 0.0489. The van der Waals surface area contributed by atoms with Crippen molar-refractivity contribution in [3.63, 3.8) is 0 Å². The molecule has 1 aliphatic rings. The molecule has 0 unspecified atom stereocenters. The molecule has 1 aromatic rings. The molecule has 0 saturated heterocycles. The Morgan fingerprint density at radius 3 is 0.740 bits per heavy atom. The molecule has 0 aliphatic carbocycles. The second-order valence-corrected chi connectivity index (χ2v) is 17.2. The van der Waals surface area contributed by atoms with E-state index in [1.807, 2.05) is 24.3 Å². The summed E-state index contributed by atoms with van der Waals surface area (Å²) in [7, 11) is 0. The molecule has 2 rings (SSSR count). The predicted molar refractivity (Wildman–Crippen MR) is 225 cm³/mol. The van der Waals surface area contributed by atoms with Crippen LogP contribution in [0.15, 0.2) is 24.3 Å². The van der Waals surface area contributed by atoms with Crippen molar-refractivity contribution in [2.45, 2.75) is 212 Å². The van der Waals surface area contributed by atoms with Gasteiger partial charge < -0.3 is 0 Å². The minimum atomic E-state index is 0.0489. The van der Waals surface area contributed by atoms with Gasteiger partial charge in [-0.25, -0.2) is 9.59 Å². The van der Waals surface area contributed by atoms with Gasteiger partial charge in [-0.05, 0) is 50.7 Å². The fourth-order valence-electron chi connectivity index (χ4n) is 8.01. The molecule has 1 aromatic carbocycles. The SMILES string of the molecule is O=C1c2ccccc2C(=O)[N+]1(CCCCCCCCCCCCCCCCCCBr)CCCCCCCCCCCCCCCCCCCBr. The molecule has 5 heteroatoms. The van der Waals surface area contributed by atoms with Crippen LogP contribution in [-0.2, 0) is 0 Å². The van der Waals surface area contributed by atoms with Gasteiger partial charge in [0.05, 0.1) is 24.2 Å². The molecule has 288 valence electrons. The van der Waals surface area contributed by atoms with Crippen molar-refractivity contribution in [3.05, 3.63) is 35.4 Å². The summed E-state index contributed by atoms with van der Waals surface area (Å²) >= 11 is 7.04. The summed E-state index contributed by atoms with van der Waals surface area (Å²) in [6, 6.07) is 7.56. The van der Waals surface area contributed by atoms with E-state index < -0.39 is 0 Å². The van der Waals surface area contributed by atoms with Crippen molar-refractivity contribution >= 4 is 43.7 Å². The molecular weight excluding hydrogens is 746 g/mol. The monoisotopic (exact) mass is 822 g/mol. The highest BCUT2D eigenvalue weighted by Gasteiger charge is 2.52. The van der Waals surface area contributed by atoms with Gasteiger partial charge in [0.15, 0.2) is 0 Å². The lowest BCUT2D eigenvalue weighted by atomic mass is 10.0. The standard InChI is InChI=1S/C45H78Br2NO2/c46-38-32-26-22-18-14-10-6-2-1-4-8-12-16-20-24-28-34-40-48(44(49)42-36-30-31-37-43(42)45(48)50)41-35-29-25-21-17-13-9-5-3-7-11-15-19-23-27-33-39-47/h30-31,36-37H,1-29,32-35,38-41H2/q+1. The molecule has 3 nitrogen and oxygen atoms in total. The van der Waals surface area contributed by atoms with Crippen LogP contribution in [0.5, 0.6) is 0 Å². The Balaban J connectivity index is 1.52. The van der Waals surface area contributed by atoms with Crippen LogP contribution in [0.25, 0.3) is 0 Å². The maximum Gasteiger partial charge on any atom is 0.354 e. The fourth-order valence-corrected chi connectivity index (χ4v) is 8.80. The number of alkyl halides is 2. The highest BCUT2D eigenvalue weighted by molar-refractivity contribution is 9.09. The van der Waals surface area contributed by atoms with Gasteiger partial charge in [-0.15, -0.1) is 0 Å². The molecule has 0 saturated carbocycles. The first-order chi connectivity index (χ1) is 24.7. The Kier molecular flexibility index (Phi) is 29.2. The topological polar surface area (TPSA) is 34.1 Å². The second-order valence-electron chi connectivity index (χ2n) is 15.6. The van der Waals surface area contributed by atoms with Crippen molar-refractivity contribution in [1.82, 2.24) is 0 Å². The normalized spacial score (nSPS) is 13.8. The summed E-state index contributed by atoms with van der Waals surface area (Å²) in [6.45, 7) is 1.36. The van der Waals surface area contributed by atoms with Crippen LogP contribution in [0.1, 0.15) is 233 Å². The molecule has 0 bridgehead atoms. The van der Waals surface area contributed by atoms with Crippen molar-refractivity contribution in [2.24, 2.45) is 0 Å². The molecule has 0 N–H and O–H groups in total. The zero-order valence-corrected chi connectivity index (χ0v) is 35.7. The van der Waals surface area contributed by atoms with Gasteiger partial charge in [-0.3, -0.25) is 0 Å². The maximum absolute atomic E-state index is 13.7. The highest BCUT2D eigenvalue weighted by Crippen LogP contribution is 2.32. The van der Waals surface area contributed by atoms with Gasteiger partial charge >= 0.3 is 11.8 Å². The van der Waals surface area contributed by atoms with Gasteiger partial charge in [0.25, 0.3) is 0 Å². The predicted octanol–water partition coefficient (Wildman–Crippen LogP) is 15.5. The summed E-state index contributed by atoms with van der Waals surface area (Å²) in [5.74, 6) is 0.121. The van der Waals surface area contributed by atoms with E-state index in [2.05, 4.69) is 31.9 Å². The quantitative estimate of drug-likeness (QED) is 0.0290. The number of rotatable bonds is 37. The van der Waals surface area contributed by atoms with Crippen LogP contribution in [0, 0.1) is 0 Å². The van der Waals surface area contributed by atoms with Gasteiger partial charge in [-0.1, -0.05) is 217 Å². The Labute approximate surface area is 327 Å². The number of carbonyl (C=O) groups is 2. The molecule has 0 spiro atoms. The van der Waals surface area contributed by atoms with E-state index in [9.17, 15) is 9.59 Å². The van der Waals surface area contributed by atoms with E-state index in [0.29, 0.717) is 24.2 Å². The number of quaternary nitrogens is 1. The van der Waals surface area contributed by atoms with E-state index >= 15 is 0 Å². The zero-order chi connectivity index (χ0) is 35.8. The molecule has 0 radical (unpaired) electrons. The van der Waals surface area contributed by atoms with Gasteiger partial charge in [-0.2, -0.15) is 4.48 Å². The van der Waals surface area contributed by atoms with E-state index in [0.717, 1.165) is 36.3 Å². The summed E-state index contributed by atoms with van der Waals surface area (Å²) in [4.78, 5) is 27.4. The third-order valence-corrected chi connectivity index (χ3v) is 12.4. The number of fused-ring (bicyclic) bond motifs is 1. The molecule has 0 aromatic heterocycles. The average molecular weight is 825 g/mol. The van der Waals surface area contributed by atoms with Crippen LogP contribution in [0.2, 0.25) is 0 Å². The Bertz CT molecular complexity index is 931. The smallest absolute Gasteiger partial charge is 0.225 e. The van der Waals surface area contributed by atoms with Gasteiger partial charge in [0.2, 0.25) is 0 Å². The fraction of sp³-hybridized carbons (Fsp3) is 0.822. The number of imide groups is 1. The molecule has 0 atom stereocenters. The molecule has 0 fully saturated rings. The third-order valence-electron chi connectivity index (χ3n) is 11.3. The largest absolute Gasteiger partial charge is 0.354 e. The van der Waals surface area contributed by atoms with Crippen molar-refractivity contribution in [1.29, 1.82) is 0 Å². The van der Waals surface area contributed by atoms with E-state index in [-0.39, 0.29) is 16.3 Å². The number of amides is 2. The highest BCUT2D eigenvalue weighted by atomic mass is 79.9. The Morgan fingerprint density at radius 2 is 0.520 bits per heavy atom. The first kappa shape index (κ1) is 45.6. The van der Waals surface area contributed by atoms with E-state index in [1.165, 1.54) is 186 Å². The number of halogens is 2. The number of hydrogen-bond acceptors (Lipinski definition) is 2. The van der Waals surface area contributed by atoms with Crippen LogP contribution in [-0.4, -0.2) is 40.0 Å². The van der Waals surface area contributed by atoms with E-state index in [1.54, 1.807) is 0 Å². The first-order valence-electron chi connectivity index (χ1n) is 21.8. The van der Waals surface area contributed by atoms with Crippen molar-refractivity contribution in [3.8, 4) is 0 Å². The van der Waals surface area contributed by atoms with Gasteiger partial charge in [0, 0.05) is 10.7 Å². The molecule has 1 heterocycles. The average Bonchev–Trinajstić information content (AvgIpc) is 3.34. The summed E-state index contributed by atoms with van der Waals surface area (Å²) in [6.07, 6.45) is 44.0. The van der Waals surface area contributed by atoms with Crippen molar-refractivity contribution < 1.29 is 14.1 Å². The second kappa shape index (κ2) is 32.0. The molecule has 1 aliphatic heterocycles. The van der Waals surface area contributed by atoms with Gasteiger partial charge in [0.1, 0.15) is 0 Å². The lowest BCUT2D eigenvalue weighted by molar-refractivity contribution is -0.764. The number of carbonyl (C=O) groups excluding carboxylic acids is 2. The summed E-state index contributed by atoms with van der Waals surface area (Å²) in [5, 5.41) is 2.32. The lowest BCUT2D eigenvalue weighted by Crippen LogP contribution is -2.54. The molecule has 50 heavy (non-hydrogen) atoms. The van der Waals surface area contributed by atoms with Crippen molar-refractivity contribution in [2.75, 3.05) is 23.7 Å². The Hall–Kier alpha value is -0.520. The lowest BCUT2D eigenvalue weighted by Gasteiger charge is -2.29. The van der Waals surface area contributed by atoms with Crippen LogP contribution < -0.4 is 0 Å². The number of hydrogen-bond donors (Lipinski definition) is 0. The van der Waals surface area contributed by atoms with E-state index in [4.69, 9.17) is 0 Å². The zero-order valence-electron chi connectivity index (χ0n) is 32.5. The first-order valence-corrected chi connectivity index (χ1v) is 24.1. The number of nitrogens with zero attached hydrogens (tertiary/aromatic N) is 1. The van der Waals surface area contributed by atoms with Crippen LogP contribution in [0.3, 0.4) is 0 Å². The van der Waals surface area contributed by atoms with Crippen LogP contribution in [0.4, 0.5) is 0 Å². The van der Waals surface area contributed by atoms with Crippen LogP contribution >= 0.6 is 31.9 Å². The summed E-state index contributed by atoms with van der Waals surface area (Å²) in [5.41, 5.74) is 1.31. The number of unbranched alkanes of at least 4 members (excludes halogenated alkanes) is 31. The Morgan fingerprint density at radius 1 is 0.320 bits per heavy atom. The minimum Gasteiger partial charge on any atom is -0.225 e. The molecule has 2 amide bonds. The molecular formula is C45H78Br2NO2+. The third kappa shape index (κ3) is 20.1. The number of benzene rings is 1. The maximum atomic E-state index is 13.7.